The predicted molar refractivity (Wildman–Crippen MR) is 147 cm³/mol. The third-order valence-corrected chi connectivity index (χ3v) is 6.55. The van der Waals surface area contributed by atoms with Gasteiger partial charge in [0.05, 0.1) is 10.7 Å². The van der Waals surface area contributed by atoms with Crippen LogP contribution in [0.15, 0.2) is 53.0 Å². The van der Waals surface area contributed by atoms with Gasteiger partial charge in [-0.05, 0) is 66.6 Å². The molecule has 0 N–H and O–H groups in total. The van der Waals surface area contributed by atoms with E-state index in [4.69, 9.17) is 14.5 Å². The fourth-order valence-corrected chi connectivity index (χ4v) is 4.75. The highest BCUT2D eigenvalue weighted by Crippen LogP contribution is 2.19. The first-order valence-electron chi connectivity index (χ1n) is 12.9. The molecule has 0 saturated heterocycles. The summed E-state index contributed by atoms with van der Waals surface area (Å²) in [5.74, 6) is -0.375. The molecule has 2 rings (SSSR count). The lowest BCUT2D eigenvalue weighted by molar-refractivity contribution is -0.148. The number of likely N-dealkylation sites (N-methyl/N-ethyl adjacent to an activating group) is 1. The first-order valence-corrected chi connectivity index (χ1v) is 13.7. The normalized spacial score (nSPS) is 22.2. The van der Waals surface area contributed by atoms with E-state index in [-0.39, 0.29) is 24.1 Å². The molecule has 0 radical (unpaired) electrons. The summed E-state index contributed by atoms with van der Waals surface area (Å²) in [7, 11) is 4.07. The van der Waals surface area contributed by atoms with Gasteiger partial charge >= 0.3 is 11.9 Å². The highest BCUT2D eigenvalue weighted by Gasteiger charge is 2.16. The number of ether oxygens (including phenoxy) is 2. The van der Waals surface area contributed by atoms with E-state index in [1.807, 2.05) is 65.2 Å². The molecule has 0 fully saturated rings. The average Bonchev–Trinajstić information content (AvgIpc) is 3.22. The van der Waals surface area contributed by atoms with Crippen LogP contribution in [0.4, 0.5) is 0 Å². The molecular weight excluding hydrogens is 472 g/mol. The molecule has 0 aromatic carbocycles. The lowest BCUT2D eigenvalue weighted by Gasteiger charge is -2.15. The second-order valence-electron chi connectivity index (χ2n) is 9.73. The number of carbonyl (C=O) groups excluding carboxylic acids is 2. The molecule has 7 heteroatoms. The number of aryl methyl sites for hydroxylation is 1. The van der Waals surface area contributed by atoms with Crippen LogP contribution in [-0.4, -0.2) is 54.7 Å². The molecule has 2 atom stereocenters. The quantitative estimate of drug-likeness (QED) is 0.273. The van der Waals surface area contributed by atoms with Gasteiger partial charge in [-0.15, -0.1) is 11.3 Å². The Morgan fingerprint density at radius 1 is 1.11 bits per heavy atom. The van der Waals surface area contributed by atoms with Crippen molar-refractivity contribution in [1.29, 1.82) is 0 Å². The first kappa shape index (κ1) is 29.7. The third-order valence-electron chi connectivity index (χ3n) is 5.63. The Morgan fingerprint density at radius 2 is 1.86 bits per heavy atom. The van der Waals surface area contributed by atoms with Crippen molar-refractivity contribution in [2.45, 2.75) is 84.3 Å². The molecule has 0 saturated carbocycles. The molecule has 1 aromatic rings. The minimum Gasteiger partial charge on any atom is -0.462 e. The predicted octanol–water partition coefficient (Wildman–Crippen LogP) is 5.99. The molecule has 36 heavy (non-hydrogen) atoms. The van der Waals surface area contributed by atoms with Crippen LogP contribution in [-0.2, 0) is 31.9 Å². The van der Waals surface area contributed by atoms with Crippen molar-refractivity contribution in [1.82, 2.24) is 9.88 Å². The molecule has 0 aliphatic carbocycles. The van der Waals surface area contributed by atoms with Crippen molar-refractivity contribution in [3.8, 4) is 0 Å². The number of esters is 2. The molecule has 1 aliphatic rings. The van der Waals surface area contributed by atoms with Crippen LogP contribution in [0, 0.1) is 0 Å². The molecule has 6 nitrogen and oxygen atoms in total. The summed E-state index contributed by atoms with van der Waals surface area (Å²) < 4.78 is 11.4. The number of allylic oxidation sites excluding steroid dienone is 5. The fourth-order valence-electron chi connectivity index (χ4n) is 3.87. The van der Waals surface area contributed by atoms with Gasteiger partial charge in [0.15, 0.2) is 0 Å². The Balaban J connectivity index is 2.13. The maximum Gasteiger partial charge on any atom is 0.306 e. The number of thiazole rings is 1. The van der Waals surface area contributed by atoms with Crippen LogP contribution in [0.3, 0.4) is 0 Å². The number of aromatic nitrogens is 1. The van der Waals surface area contributed by atoms with E-state index in [1.54, 1.807) is 11.3 Å². The zero-order chi connectivity index (χ0) is 26.3. The van der Waals surface area contributed by atoms with E-state index < -0.39 is 0 Å². The van der Waals surface area contributed by atoms with E-state index in [1.165, 1.54) is 0 Å². The molecule has 2 heterocycles. The van der Waals surface area contributed by atoms with Crippen LogP contribution >= 0.6 is 11.3 Å². The molecule has 198 valence electrons. The van der Waals surface area contributed by atoms with Gasteiger partial charge in [-0.25, -0.2) is 4.98 Å². The van der Waals surface area contributed by atoms with Crippen molar-refractivity contribution in [3.63, 3.8) is 0 Å². The zero-order valence-electron chi connectivity index (χ0n) is 22.5. The van der Waals surface area contributed by atoms with Gasteiger partial charge in [-0.3, -0.25) is 9.59 Å². The lowest BCUT2D eigenvalue weighted by atomic mass is 10.1. The molecule has 1 aliphatic heterocycles. The van der Waals surface area contributed by atoms with Crippen molar-refractivity contribution >= 4 is 23.3 Å². The van der Waals surface area contributed by atoms with E-state index >= 15 is 0 Å². The Labute approximate surface area is 220 Å². The number of rotatable bonds is 5. The Kier molecular flexibility index (Phi) is 13.4. The maximum atomic E-state index is 12.7. The topological polar surface area (TPSA) is 68.7 Å². The smallest absolute Gasteiger partial charge is 0.306 e. The van der Waals surface area contributed by atoms with Crippen LogP contribution in [0.2, 0.25) is 0 Å². The Hall–Kier alpha value is -2.51. The largest absolute Gasteiger partial charge is 0.462 e. The number of hydrogen-bond acceptors (Lipinski definition) is 7. The summed E-state index contributed by atoms with van der Waals surface area (Å²) >= 11 is 1.59. The Morgan fingerprint density at radius 3 is 2.64 bits per heavy atom. The van der Waals surface area contributed by atoms with Crippen LogP contribution in [0.25, 0.3) is 0 Å². The number of nitrogens with zero attached hydrogens (tertiary/aromatic N) is 2. The maximum absolute atomic E-state index is 12.7. The van der Waals surface area contributed by atoms with E-state index in [2.05, 4.69) is 16.4 Å². The number of cyclic esters (lactones) is 2. The van der Waals surface area contributed by atoms with Gasteiger partial charge in [-0.2, -0.15) is 0 Å². The highest BCUT2D eigenvalue weighted by atomic mass is 32.1. The SMILES string of the molecule is CC(C=CC=CCN(C)C)=C[C@@H]1Cc2nc(cs2)CCCCC(=O)O[C@@H](C)CC(C)=CCCC(=O)O1. The minimum absolute atomic E-state index is 0.150. The lowest BCUT2D eigenvalue weighted by Crippen LogP contribution is -2.19. The van der Waals surface area contributed by atoms with Crippen LogP contribution in [0.1, 0.15) is 70.0 Å². The summed E-state index contributed by atoms with van der Waals surface area (Å²) in [6.07, 6.45) is 16.7. The van der Waals surface area contributed by atoms with Gasteiger partial charge in [-0.1, -0.05) is 41.5 Å². The van der Waals surface area contributed by atoms with Crippen molar-refractivity contribution in [3.05, 3.63) is 63.7 Å². The molecule has 2 bridgehead atoms. The first-order chi connectivity index (χ1) is 17.2. The average molecular weight is 515 g/mol. The second-order valence-corrected chi connectivity index (χ2v) is 10.7. The standard InChI is InChI=1S/C29H42N2O4S/c1-22-13-11-16-29(33)35-26(19-23(2)12-7-6-10-17-31(4)5)20-27-30-25(21-36-27)14-8-9-15-28(32)34-24(3)18-22/h6-7,10,12-13,19,21,24,26H,8-9,11,14-18,20H2,1-5H3/t24-,26+/m0/s1. The highest BCUT2D eigenvalue weighted by molar-refractivity contribution is 7.09. The molecule has 0 spiro atoms. The van der Waals surface area contributed by atoms with E-state index in [9.17, 15) is 9.59 Å². The zero-order valence-corrected chi connectivity index (χ0v) is 23.3. The summed E-state index contributed by atoms with van der Waals surface area (Å²) in [6, 6.07) is 0. The monoisotopic (exact) mass is 514 g/mol. The Bertz CT molecular complexity index is 958. The molecule has 0 unspecified atom stereocenters. The molecule has 1 aromatic heterocycles. The summed E-state index contributed by atoms with van der Waals surface area (Å²) in [6.45, 7) is 6.82. The van der Waals surface area contributed by atoms with E-state index in [0.717, 1.165) is 47.7 Å². The van der Waals surface area contributed by atoms with Gasteiger partial charge in [0.1, 0.15) is 12.2 Å². The number of fused-ring (bicyclic) bond motifs is 2. The van der Waals surface area contributed by atoms with Crippen molar-refractivity contribution in [2.75, 3.05) is 20.6 Å². The summed E-state index contributed by atoms with van der Waals surface area (Å²) in [5, 5.41) is 3.01. The van der Waals surface area contributed by atoms with Crippen molar-refractivity contribution < 1.29 is 19.1 Å². The summed E-state index contributed by atoms with van der Waals surface area (Å²) in [4.78, 5) is 31.6. The van der Waals surface area contributed by atoms with Gasteiger partial charge < -0.3 is 14.4 Å². The van der Waals surface area contributed by atoms with Gasteiger partial charge in [0, 0.05) is 37.6 Å². The molecule has 0 amide bonds. The van der Waals surface area contributed by atoms with Gasteiger partial charge in [0.25, 0.3) is 0 Å². The second kappa shape index (κ2) is 16.3. The van der Waals surface area contributed by atoms with E-state index in [0.29, 0.717) is 32.1 Å². The minimum atomic E-state index is -0.370. The number of carbonyl (C=O) groups is 2. The molecular formula is C29H42N2O4S. The number of hydrogen-bond donors (Lipinski definition) is 0. The third kappa shape index (κ3) is 13.0. The van der Waals surface area contributed by atoms with Gasteiger partial charge in [0.2, 0.25) is 0 Å². The van der Waals surface area contributed by atoms with Crippen LogP contribution < -0.4 is 0 Å². The van der Waals surface area contributed by atoms with Crippen LogP contribution in [0.5, 0.6) is 0 Å². The van der Waals surface area contributed by atoms with Crippen molar-refractivity contribution in [2.24, 2.45) is 0 Å². The fraction of sp³-hybridized carbons (Fsp3) is 0.552. The summed E-state index contributed by atoms with van der Waals surface area (Å²) in [5.41, 5.74) is 3.16.